The number of carbonyl (C=O) groups excluding carboxylic acids is 1. The minimum absolute atomic E-state index is 0.0187. The summed E-state index contributed by atoms with van der Waals surface area (Å²) >= 11 is 0. The Hall–Kier alpha value is -3.68. The minimum atomic E-state index is -4.33. The maximum atomic E-state index is 15.1. The van der Waals surface area contributed by atoms with Gasteiger partial charge in [-0.2, -0.15) is 22.2 Å². The van der Waals surface area contributed by atoms with E-state index in [1.54, 1.807) is 18.2 Å². The third-order valence-electron chi connectivity index (χ3n) is 9.08. The molecule has 2 aromatic heterocycles. The number of sulfonamides is 1. The summed E-state index contributed by atoms with van der Waals surface area (Å²) in [5.74, 6) is -1.23. The number of pyridine rings is 1. The summed E-state index contributed by atoms with van der Waals surface area (Å²) in [5, 5.41) is 4.08. The number of nitrogens with zero attached hydrogens (tertiary/aromatic N) is 4. The number of hydrogen-bond donors (Lipinski definition) is 1. The number of hydrogen-bond acceptors (Lipinski definition) is 7. The fourth-order valence-electron chi connectivity index (χ4n) is 6.08. The maximum absolute atomic E-state index is 15.1. The van der Waals surface area contributed by atoms with Gasteiger partial charge in [0.15, 0.2) is 5.82 Å². The van der Waals surface area contributed by atoms with Crippen molar-refractivity contribution in [3.8, 4) is 11.7 Å². The molecule has 0 spiro atoms. The molecule has 1 aliphatic carbocycles. The molecule has 14 heteroatoms. The zero-order valence-corrected chi connectivity index (χ0v) is 26.4. The Labute approximate surface area is 260 Å². The standard InChI is InChI=1S/C31H37F4N5O4S/c1-5-21-18-29(3,4)39(19-20(21)2)27-23(28(41)38-45(42,43)22-9-7-6-8-10-22)11-12-25(36-27)40-24(32)17-26(37-40)44-16-15-30(13-14-30)31(33,34)35/h6-12,17,20-21H,5,13-16,18-19H2,1-4H3,(H,38,41)/t20?,21-/m0/s1. The van der Waals surface area contributed by atoms with E-state index in [1.165, 1.54) is 24.3 Å². The van der Waals surface area contributed by atoms with Crippen LogP contribution >= 0.6 is 0 Å². The molecule has 244 valence electrons. The summed E-state index contributed by atoms with van der Waals surface area (Å²) in [7, 11) is -4.21. The van der Waals surface area contributed by atoms with E-state index in [9.17, 15) is 26.4 Å². The van der Waals surface area contributed by atoms with Gasteiger partial charge in [0.2, 0.25) is 11.8 Å². The second kappa shape index (κ2) is 11.9. The fourth-order valence-corrected chi connectivity index (χ4v) is 7.07. The number of halogens is 4. The van der Waals surface area contributed by atoms with Crippen LogP contribution in [0.2, 0.25) is 0 Å². The van der Waals surface area contributed by atoms with Crippen LogP contribution in [0.3, 0.4) is 0 Å². The van der Waals surface area contributed by atoms with Crippen LogP contribution in [0.15, 0.2) is 53.4 Å². The summed E-state index contributed by atoms with van der Waals surface area (Å²) in [6.45, 7) is 8.44. The highest BCUT2D eigenvalue weighted by Crippen LogP contribution is 2.59. The molecule has 0 bridgehead atoms. The molecule has 1 saturated heterocycles. The van der Waals surface area contributed by atoms with E-state index in [-0.39, 0.29) is 59.8 Å². The van der Waals surface area contributed by atoms with Gasteiger partial charge in [-0.3, -0.25) is 4.79 Å². The smallest absolute Gasteiger partial charge is 0.394 e. The van der Waals surface area contributed by atoms with Crippen molar-refractivity contribution in [1.29, 1.82) is 0 Å². The lowest BCUT2D eigenvalue weighted by molar-refractivity contribution is -0.190. The van der Waals surface area contributed by atoms with Crippen LogP contribution in [0, 0.1) is 23.2 Å². The van der Waals surface area contributed by atoms with Crippen molar-refractivity contribution in [3.63, 3.8) is 0 Å². The molecule has 2 atom stereocenters. The van der Waals surface area contributed by atoms with Gasteiger partial charge in [-0.25, -0.2) is 18.1 Å². The quantitative estimate of drug-likeness (QED) is 0.257. The van der Waals surface area contributed by atoms with Crippen LogP contribution in [-0.2, 0) is 10.0 Å². The average Bonchev–Trinajstić information content (AvgIpc) is 3.69. The zero-order chi connectivity index (χ0) is 32.8. The first-order chi connectivity index (χ1) is 21.1. The maximum Gasteiger partial charge on any atom is 0.394 e. The Morgan fingerprint density at radius 1 is 1.13 bits per heavy atom. The van der Waals surface area contributed by atoms with Crippen LogP contribution in [0.5, 0.6) is 5.88 Å². The first-order valence-corrected chi connectivity index (χ1v) is 16.4. The topological polar surface area (TPSA) is 106 Å². The normalized spacial score (nSPS) is 20.9. The molecule has 2 aliphatic rings. The summed E-state index contributed by atoms with van der Waals surface area (Å²) in [5.41, 5.74) is -2.29. The molecule has 1 amide bonds. The van der Waals surface area contributed by atoms with E-state index in [4.69, 9.17) is 4.74 Å². The monoisotopic (exact) mass is 651 g/mol. The lowest BCUT2D eigenvalue weighted by Crippen LogP contribution is -2.54. The van der Waals surface area contributed by atoms with Crippen molar-refractivity contribution in [2.24, 2.45) is 17.3 Å². The molecule has 1 aromatic carbocycles. The van der Waals surface area contributed by atoms with Gasteiger partial charge in [0.25, 0.3) is 15.9 Å². The molecule has 1 saturated carbocycles. The SMILES string of the molecule is CC[C@H]1CC(C)(C)N(c2nc(-n3nc(OCCC4(C(F)(F)F)CC4)cc3F)ccc2C(=O)NS(=O)(=O)c2ccccc2)CC1C. The van der Waals surface area contributed by atoms with Gasteiger partial charge in [0, 0.05) is 12.1 Å². The van der Waals surface area contributed by atoms with Crippen molar-refractivity contribution >= 4 is 21.7 Å². The number of rotatable bonds is 10. The number of aromatic nitrogens is 3. The molecule has 2 fully saturated rings. The predicted molar refractivity (Wildman–Crippen MR) is 159 cm³/mol. The van der Waals surface area contributed by atoms with Gasteiger partial charge in [0.1, 0.15) is 5.82 Å². The molecule has 1 aliphatic heterocycles. The van der Waals surface area contributed by atoms with Crippen molar-refractivity contribution < 1.29 is 35.5 Å². The molecule has 3 heterocycles. The van der Waals surface area contributed by atoms with Crippen molar-refractivity contribution in [2.45, 2.75) is 76.4 Å². The first kappa shape index (κ1) is 32.7. The van der Waals surface area contributed by atoms with Gasteiger partial charge in [-0.15, -0.1) is 5.10 Å². The Balaban J connectivity index is 1.47. The lowest BCUT2D eigenvalue weighted by Gasteiger charge is -2.49. The first-order valence-electron chi connectivity index (χ1n) is 14.9. The number of alkyl halides is 3. The number of piperidine rings is 1. The Kier molecular flexibility index (Phi) is 8.66. The van der Waals surface area contributed by atoms with Gasteiger partial charge in [-0.1, -0.05) is 38.5 Å². The van der Waals surface area contributed by atoms with Crippen molar-refractivity contribution in [3.05, 3.63) is 60.0 Å². The van der Waals surface area contributed by atoms with Crippen LogP contribution in [0.25, 0.3) is 5.82 Å². The van der Waals surface area contributed by atoms with Crippen molar-refractivity contribution in [2.75, 3.05) is 18.1 Å². The molecule has 0 radical (unpaired) electrons. The van der Waals surface area contributed by atoms with Gasteiger partial charge in [-0.05, 0) is 75.6 Å². The third-order valence-corrected chi connectivity index (χ3v) is 10.4. The third kappa shape index (κ3) is 6.66. The van der Waals surface area contributed by atoms with E-state index >= 15 is 4.39 Å². The molecule has 45 heavy (non-hydrogen) atoms. The number of carbonyl (C=O) groups is 1. The number of amides is 1. The number of nitrogens with one attached hydrogen (secondary N) is 1. The highest BCUT2D eigenvalue weighted by Gasteiger charge is 2.62. The van der Waals surface area contributed by atoms with E-state index in [1.807, 2.05) is 18.7 Å². The van der Waals surface area contributed by atoms with E-state index in [0.717, 1.165) is 23.6 Å². The molecule has 9 nitrogen and oxygen atoms in total. The van der Waals surface area contributed by atoms with Crippen LogP contribution < -0.4 is 14.4 Å². The van der Waals surface area contributed by atoms with Gasteiger partial charge in [0.05, 0.1) is 28.5 Å². The predicted octanol–water partition coefficient (Wildman–Crippen LogP) is 6.29. The van der Waals surface area contributed by atoms with E-state index < -0.39 is 39.0 Å². The summed E-state index contributed by atoms with van der Waals surface area (Å²) in [6.07, 6.45) is -2.79. The molecular weight excluding hydrogens is 614 g/mol. The molecular formula is C31H37F4N5O4S. The highest BCUT2D eigenvalue weighted by molar-refractivity contribution is 7.90. The molecule has 1 N–H and O–H groups in total. The molecule has 1 unspecified atom stereocenters. The van der Waals surface area contributed by atoms with Crippen LogP contribution in [0.1, 0.15) is 70.2 Å². The van der Waals surface area contributed by atoms with E-state index in [0.29, 0.717) is 12.5 Å². The highest BCUT2D eigenvalue weighted by atomic mass is 32.2. The molecule has 3 aromatic rings. The Morgan fingerprint density at radius 3 is 2.44 bits per heavy atom. The second-order valence-electron chi connectivity index (χ2n) is 12.7. The summed E-state index contributed by atoms with van der Waals surface area (Å²) in [6, 6.07) is 11.1. The van der Waals surface area contributed by atoms with Gasteiger partial charge >= 0.3 is 6.18 Å². The second-order valence-corrected chi connectivity index (χ2v) is 14.3. The largest absolute Gasteiger partial charge is 0.476 e. The number of ether oxygens (including phenoxy) is 1. The Bertz CT molecular complexity index is 1660. The average molecular weight is 652 g/mol. The fraction of sp³-hybridized carbons (Fsp3) is 0.516. The summed E-state index contributed by atoms with van der Waals surface area (Å²) < 4.78 is 89.3. The summed E-state index contributed by atoms with van der Waals surface area (Å²) in [4.78, 5) is 20.0. The molecule has 5 rings (SSSR count). The van der Waals surface area contributed by atoms with E-state index in [2.05, 4.69) is 28.7 Å². The van der Waals surface area contributed by atoms with Crippen LogP contribution in [-0.4, -0.2) is 54.0 Å². The zero-order valence-electron chi connectivity index (χ0n) is 25.6. The number of benzene rings is 1. The lowest BCUT2D eigenvalue weighted by atomic mass is 9.75. The minimum Gasteiger partial charge on any atom is -0.476 e. The van der Waals surface area contributed by atoms with Crippen molar-refractivity contribution in [1.82, 2.24) is 19.5 Å². The number of anilines is 1. The Morgan fingerprint density at radius 2 is 1.82 bits per heavy atom. The van der Waals surface area contributed by atoms with Gasteiger partial charge < -0.3 is 9.64 Å². The van der Waals surface area contributed by atoms with Crippen LogP contribution in [0.4, 0.5) is 23.4 Å².